The van der Waals surface area contributed by atoms with Crippen LogP contribution in [0.15, 0.2) is 34.7 Å². The van der Waals surface area contributed by atoms with E-state index >= 15 is 0 Å². The van der Waals surface area contributed by atoms with Crippen LogP contribution in [0.5, 0.6) is 0 Å². The van der Waals surface area contributed by atoms with Gasteiger partial charge in [0.1, 0.15) is 0 Å². The number of rotatable bonds is 6. The maximum Gasteiger partial charge on any atom is 0.230 e. The Kier molecular flexibility index (Phi) is 4.91. The fraction of sp³-hybridized carbons (Fsp3) is 0.471. The second kappa shape index (κ2) is 7.31. The Hall–Kier alpha value is -1.64. The number of amides is 1. The van der Waals surface area contributed by atoms with Crippen LogP contribution in [0.4, 0.5) is 5.13 Å². The van der Waals surface area contributed by atoms with E-state index in [0.717, 1.165) is 23.8 Å². The maximum atomic E-state index is 12.4. The average Bonchev–Trinajstić information content (AvgIpc) is 3.23. The average molecular weight is 377 g/mol. The van der Waals surface area contributed by atoms with Gasteiger partial charge in [0.25, 0.3) is 0 Å². The number of nitrogens with one attached hydrogen (secondary N) is 1. The normalized spacial score (nSPS) is 27.5. The van der Waals surface area contributed by atoms with Gasteiger partial charge in [-0.25, -0.2) is 0 Å². The molecule has 4 atom stereocenters. The number of ether oxygens (including phenoxy) is 1. The zero-order valence-corrected chi connectivity index (χ0v) is 15.3. The number of nitrogen functional groups attached to an aromatic ring is 1. The number of hydrogen-bond acceptors (Lipinski definition) is 7. The van der Waals surface area contributed by atoms with Crippen LogP contribution in [0.2, 0.25) is 0 Å². The van der Waals surface area contributed by atoms with Gasteiger partial charge in [-0.05, 0) is 18.4 Å². The summed E-state index contributed by atoms with van der Waals surface area (Å²) in [5, 5.41) is 11.3. The third kappa shape index (κ3) is 3.65. The van der Waals surface area contributed by atoms with E-state index in [4.69, 9.17) is 10.5 Å². The van der Waals surface area contributed by atoms with Gasteiger partial charge in [-0.2, -0.15) is 0 Å². The fourth-order valence-electron chi connectivity index (χ4n) is 3.81. The van der Waals surface area contributed by atoms with Crippen molar-refractivity contribution >= 4 is 34.1 Å². The van der Waals surface area contributed by atoms with Crippen LogP contribution in [0.3, 0.4) is 0 Å². The largest absolute Gasteiger partial charge is 0.377 e. The van der Waals surface area contributed by atoms with Crippen molar-refractivity contribution in [1.29, 1.82) is 0 Å². The minimum Gasteiger partial charge on any atom is -0.377 e. The molecule has 1 aliphatic carbocycles. The van der Waals surface area contributed by atoms with Gasteiger partial charge in [-0.15, -0.1) is 10.2 Å². The van der Waals surface area contributed by atoms with Crippen molar-refractivity contribution in [3.05, 3.63) is 35.9 Å². The molecule has 6 nitrogen and oxygen atoms in total. The summed E-state index contributed by atoms with van der Waals surface area (Å²) in [4.78, 5) is 12.4. The molecule has 0 radical (unpaired) electrons. The fourth-order valence-corrected chi connectivity index (χ4v) is 5.25. The lowest BCUT2D eigenvalue weighted by molar-refractivity contribution is -0.124. The second-order valence-corrected chi connectivity index (χ2v) is 8.66. The summed E-state index contributed by atoms with van der Waals surface area (Å²) < 4.78 is 6.62. The number of fused-ring (bicyclic) bond motifs is 1. The summed E-state index contributed by atoms with van der Waals surface area (Å²) in [7, 11) is 0. The van der Waals surface area contributed by atoms with Crippen molar-refractivity contribution < 1.29 is 9.53 Å². The lowest BCUT2D eigenvalue weighted by Gasteiger charge is -2.48. The molecule has 1 saturated heterocycles. The number of aromatic nitrogens is 2. The van der Waals surface area contributed by atoms with Crippen molar-refractivity contribution in [1.82, 2.24) is 15.5 Å². The SMILES string of the molecule is Nc1nnc(SCC(=O)NC2C3CCOC3C2Cc2ccccc2)s1. The summed E-state index contributed by atoms with van der Waals surface area (Å²) in [6.45, 7) is 0.797. The molecule has 0 bridgehead atoms. The molecule has 1 aromatic heterocycles. The highest BCUT2D eigenvalue weighted by atomic mass is 32.2. The highest BCUT2D eigenvalue weighted by Crippen LogP contribution is 2.45. The molecular formula is C17H20N4O2S2. The van der Waals surface area contributed by atoms with E-state index in [-0.39, 0.29) is 18.1 Å². The van der Waals surface area contributed by atoms with E-state index in [1.807, 2.05) is 6.07 Å². The molecule has 2 aromatic rings. The Labute approximate surface area is 154 Å². The third-order valence-electron chi connectivity index (χ3n) is 4.92. The van der Waals surface area contributed by atoms with Gasteiger partial charge >= 0.3 is 0 Å². The molecule has 1 saturated carbocycles. The first-order valence-electron chi connectivity index (χ1n) is 8.37. The van der Waals surface area contributed by atoms with E-state index in [2.05, 4.69) is 39.8 Å². The molecule has 1 amide bonds. The Morgan fingerprint density at radius 3 is 2.96 bits per heavy atom. The number of nitrogens with two attached hydrogens (primary N) is 1. The number of carbonyl (C=O) groups is 1. The quantitative estimate of drug-likeness (QED) is 0.749. The molecule has 0 spiro atoms. The minimum absolute atomic E-state index is 0.0344. The highest BCUT2D eigenvalue weighted by molar-refractivity contribution is 8.01. The van der Waals surface area contributed by atoms with E-state index in [9.17, 15) is 4.79 Å². The molecule has 2 aliphatic rings. The first-order chi connectivity index (χ1) is 12.2. The minimum atomic E-state index is 0.0344. The van der Waals surface area contributed by atoms with Gasteiger partial charge in [0, 0.05) is 24.5 Å². The molecule has 4 unspecified atom stereocenters. The Balaban J connectivity index is 1.35. The summed E-state index contributed by atoms with van der Waals surface area (Å²) in [6, 6.07) is 10.6. The van der Waals surface area contributed by atoms with Crippen molar-refractivity contribution in [2.75, 3.05) is 18.1 Å². The van der Waals surface area contributed by atoms with Gasteiger partial charge in [0.2, 0.25) is 11.0 Å². The molecule has 8 heteroatoms. The van der Waals surface area contributed by atoms with Crippen molar-refractivity contribution in [2.45, 2.75) is 29.3 Å². The standard InChI is InChI=1S/C17H20N4O2S2/c18-16-20-21-17(25-16)24-9-13(22)19-14-11-6-7-23-15(11)12(14)8-10-4-2-1-3-5-10/h1-5,11-12,14-15H,6-9H2,(H2,18,20)(H,19,22). The summed E-state index contributed by atoms with van der Waals surface area (Å²) >= 11 is 2.68. The molecule has 1 aliphatic heterocycles. The predicted molar refractivity (Wildman–Crippen MR) is 98.5 cm³/mol. The number of hydrogen-bond donors (Lipinski definition) is 2. The van der Waals surface area contributed by atoms with Crippen LogP contribution < -0.4 is 11.1 Å². The first-order valence-corrected chi connectivity index (χ1v) is 10.2. The van der Waals surface area contributed by atoms with Crippen molar-refractivity contribution in [3.63, 3.8) is 0 Å². The lowest BCUT2D eigenvalue weighted by Crippen LogP contribution is -2.62. The van der Waals surface area contributed by atoms with Crippen LogP contribution in [-0.4, -0.2) is 40.6 Å². The monoisotopic (exact) mass is 376 g/mol. The van der Waals surface area contributed by atoms with Crippen LogP contribution in [0.1, 0.15) is 12.0 Å². The number of anilines is 1. The molecule has 4 rings (SSSR count). The van der Waals surface area contributed by atoms with Crippen LogP contribution in [0, 0.1) is 11.8 Å². The highest BCUT2D eigenvalue weighted by Gasteiger charge is 2.53. The number of carbonyl (C=O) groups excluding carboxylic acids is 1. The van der Waals surface area contributed by atoms with E-state index in [1.54, 1.807) is 0 Å². The van der Waals surface area contributed by atoms with E-state index < -0.39 is 0 Å². The first kappa shape index (κ1) is 16.8. The van der Waals surface area contributed by atoms with Crippen LogP contribution in [-0.2, 0) is 16.0 Å². The number of nitrogens with zero attached hydrogens (tertiary/aromatic N) is 2. The Bertz CT molecular complexity index is 739. The molecule has 3 N–H and O–H groups in total. The lowest BCUT2D eigenvalue weighted by atomic mass is 9.64. The zero-order valence-electron chi connectivity index (χ0n) is 13.6. The zero-order chi connectivity index (χ0) is 17.2. The van der Waals surface area contributed by atoms with Gasteiger partial charge < -0.3 is 15.8 Å². The smallest absolute Gasteiger partial charge is 0.230 e. The third-order valence-corrected chi connectivity index (χ3v) is 6.80. The topological polar surface area (TPSA) is 90.1 Å². The molecule has 1 aromatic carbocycles. The number of benzene rings is 1. The predicted octanol–water partition coefficient (Wildman–Crippen LogP) is 1.97. The van der Waals surface area contributed by atoms with Gasteiger partial charge in [0.15, 0.2) is 4.34 Å². The van der Waals surface area contributed by atoms with E-state index in [1.165, 1.54) is 28.7 Å². The maximum absolute atomic E-state index is 12.4. The summed E-state index contributed by atoms with van der Waals surface area (Å²) in [6.07, 6.45) is 2.25. The Morgan fingerprint density at radius 2 is 2.20 bits per heavy atom. The van der Waals surface area contributed by atoms with Crippen LogP contribution >= 0.6 is 23.1 Å². The number of thioether (sulfide) groups is 1. The summed E-state index contributed by atoms with van der Waals surface area (Å²) in [5.41, 5.74) is 6.85. The molecule has 2 fully saturated rings. The van der Waals surface area contributed by atoms with Crippen molar-refractivity contribution in [2.24, 2.45) is 11.8 Å². The summed E-state index contributed by atoms with van der Waals surface area (Å²) in [5.74, 6) is 1.16. The van der Waals surface area contributed by atoms with Crippen LogP contribution in [0.25, 0.3) is 0 Å². The van der Waals surface area contributed by atoms with Crippen molar-refractivity contribution in [3.8, 4) is 0 Å². The molecule has 2 heterocycles. The van der Waals surface area contributed by atoms with Gasteiger partial charge in [-0.1, -0.05) is 53.4 Å². The van der Waals surface area contributed by atoms with Gasteiger partial charge in [0.05, 0.1) is 11.9 Å². The molecule has 132 valence electrons. The second-order valence-electron chi connectivity index (χ2n) is 6.43. The Morgan fingerprint density at radius 1 is 1.36 bits per heavy atom. The van der Waals surface area contributed by atoms with E-state index in [0.29, 0.717) is 22.7 Å². The molecule has 25 heavy (non-hydrogen) atoms. The molecular weight excluding hydrogens is 356 g/mol. The van der Waals surface area contributed by atoms with Gasteiger partial charge in [-0.3, -0.25) is 4.79 Å².